The smallest absolute Gasteiger partial charge is 0.258 e. The number of hydrogen-bond donors (Lipinski definition) is 1. The summed E-state index contributed by atoms with van der Waals surface area (Å²) in [6.45, 7) is 1.64. The molecule has 6 unspecified atom stereocenters. The Morgan fingerprint density at radius 1 is 0.932 bits per heavy atom. The maximum atomic E-state index is 15.1. The van der Waals surface area contributed by atoms with Crippen LogP contribution in [0.2, 0.25) is 0 Å². The monoisotopic (exact) mass is 658 g/mol. The van der Waals surface area contributed by atoms with Crippen molar-refractivity contribution in [2.75, 3.05) is 18.6 Å². The second-order valence-electron chi connectivity index (χ2n) is 11.0. The van der Waals surface area contributed by atoms with Crippen molar-refractivity contribution < 1.29 is 51.0 Å². The van der Waals surface area contributed by atoms with Crippen molar-refractivity contribution in [1.82, 2.24) is 4.90 Å². The van der Waals surface area contributed by atoms with E-state index in [4.69, 9.17) is 27.9 Å². The van der Waals surface area contributed by atoms with E-state index in [9.17, 15) is 37.5 Å². The molecule has 4 aliphatic rings. The minimum absolute atomic E-state index is 0.00451. The van der Waals surface area contributed by atoms with Gasteiger partial charge < -0.3 is 9.84 Å². The summed E-state index contributed by atoms with van der Waals surface area (Å²) in [5.41, 5.74) is -1.79. The van der Waals surface area contributed by atoms with Gasteiger partial charge in [-0.05, 0) is 43.9 Å². The molecule has 2 saturated heterocycles. The lowest BCUT2D eigenvalue weighted by molar-refractivity contribution is -0.140. The Morgan fingerprint density at radius 2 is 1.55 bits per heavy atom. The van der Waals surface area contributed by atoms with Crippen LogP contribution in [0.15, 0.2) is 29.8 Å². The third-order valence-corrected chi connectivity index (χ3v) is 10.6. The van der Waals surface area contributed by atoms with Crippen LogP contribution < -0.4 is 9.64 Å². The van der Waals surface area contributed by atoms with E-state index in [1.54, 1.807) is 13.0 Å². The van der Waals surface area contributed by atoms with Crippen molar-refractivity contribution in [3.05, 3.63) is 64.5 Å². The predicted molar refractivity (Wildman–Crippen MR) is 143 cm³/mol. The van der Waals surface area contributed by atoms with Crippen LogP contribution in [0.5, 0.6) is 11.5 Å². The van der Waals surface area contributed by atoms with Gasteiger partial charge >= 0.3 is 0 Å². The molecular weight excluding hydrogens is 638 g/mol. The first kappa shape index (κ1) is 30.3. The molecule has 44 heavy (non-hydrogen) atoms. The molecule has 2 aliphatic heterocycles. The molecule has 0 aromatic heterocycles. The average molecular weight is 659 g/mol. The lowest BCUT2D eigenvalue weighted by atomic mass is 9.56. The lowest BCUT2D eigenvalue weighted by Gasteiger charge is -2.50. The van der Waals surface area contributed by atoms with E-state index in [0.717, 1.165) is 4.90 Å². The molecule has 2 aromatic rings. The maximum Gasteiger partial charge on any atom is 0.258 e. The highest BCUT2D eigenvalue weighted by atomic mass is 35.5. The number of halogens is 7. The molecule has 0 spiro atoms. The van der Waals surface area contributed by atoms with Gasteiger partial charge in [-0.2, -0.15) is 0 Å². The first-order valence-corrected chi connectivity index (χ1v) is 14.1. The number of methoxy groups -OCH3 is 1. The number of ether oxygens (including phenoxy) is 1. The van der Waals surface area contributed by atoms with E-state index in [1.807, 2.05) is 0 Å². The van der Waals surface area contributed by atoms with Crippen molar-refractivity contribution in [2.45, 2.75) is 35.4 Å². The lowest BCUT2D eigenvalue weighted by Crippen LogP contribution is -2.60. The molecule has 1 saturated carbocycles. The summed E-state index contributed by atoms with van der Waals surface area (Å²) in [6, 6.07) is 3.82. The molecular formula is C29H21Cl2F5N2O6. The highest BCUT2D eigenvalue weighted by Crippen LogP contribution is 2.66. The van der Waals surface area contributed by atoms with Crippen LogP contribution in [0.3, 0.4) is 0 Å². The second-order valence-corrected chi connectivity index (χ2v) is 12.3. The van der Waals surface area contributed by atoms with Gasteiger partial charge in [0.1, 0.15) is 17.2 Å². The Bertz CT molecular complexity index is 1710. The van der Waals surface area contributed by atoms with Gasteiger partial charge in [0, 0.05) is 18.0 Å². The third-order valence-electron chi connectivity index (χ3n) is 9.17. The number of phenols is 1. The Morgan fingerprint density at radius 3 is 2.14 bits per heavy atom. The summed E-state index contributed by atoms with van der Waals surface area (Å²) in [5.74, 6) is -21.5. The molecule has 6 atom stereocenters. The summed E-state index contributed by atoms with van der Waals surface area (Å²) in [7, 11) is 1.30. The Hall–Kier alpha value is -3.71. The number of imide groups is 2. The molecule has 232 valence electrons. The number of likely N-dealkylation sites (tertiary alicyclic amines) is 1. The number of aromatic hydroxyl groups is 1. The van der Waals surface area contributed by atoms with Gasteiger partial charge in [-0.25, -0.2) is 26.9 Å². The second kappa shape index (κ2) is 9.90. The van der Waals surface area contributed by atoms with E-state index in [0.29, 0.717) is 0 Å². The Labute approximate surface area is 255 Å². The average Bonchev–Trinajstić information content (AvgIpc) is 3.33. The SMILES string of the molecule is CCN1C(=O)C2CC=C3C(CC4(Cl)C(=O)N(c5c(F)c(F)c(F)c(F)c5F)C(=O)C4(Cl)C3c3cc(OC)ccc3O)C2C1=O. The largest absolute Gasteiger partial charge is 0.508 e. The zero-order chi connectivity index (χ0) is 32.2. The summed E-state index contributed by atoms with van der Waals surface area (Å²) >= 11 is 14.0. The summed E-state index contributed by atoms with van der Waals surface area (Å²) in [4.78, 5) is 50.2. The number of phenolic OH excluding ortho intramolecular Hbond substituents is 1. The van der Waals surface area contributed by atoms with E-state index in [-0.39, 0.29) is 34.8 Å². The maximum absolute atomic E-state index is 15.1. The van der Waals surface area contributed by atoms with Gasteiger partial charge in [-0.3, -0.25) is 24.1 Å². The first-order valence-electron chi connectivity index (χ1n) is 13.4. The number of nitrogens with zero attached hydrogens (tertiary/aromatic N) is 2. The fourth-order valence-corrected chi connectivity index (χ4v) is 8.11. The van der Waals surface area contributed by atoms with Gasteiger partial charge in [0.05, 0.1) is 18.9 Å². The molecule has 6 rings (SSSR count). The van der Waals surface area contributed by atoms with E-state index in [1.165, 1.54) is 25.3 Å². The van der Waals surface area contributed by atoms with Crippen molar-refractivity contribution in [3.63, 3.8) is 0 Å². The number of alkyl halides is 2. The molecule has 1 N–H and O–H groups in total. The summed E-state index contributed by atoms with van der Waals surface area (Å²) < 4.78 is 77.8. The van der Waals surface area contributed by atoms with Crippen LogP contribution >= 0.6 is 23.2 Å². The standard InChI is InChI=1S/C29H21Cl2F5N2O6/c1-3-37-24(40)12-6-5-11-14(16(12)25(37)41)9-28(30)26(42)38(23-21(35)19(33)18(32)20(34)22(23)36)27(43)29(28,31)17(11)13-8-10(44-2)4-7-15(13)39/h4-5,7-8,12,14,16-17,39H,3,6,9H2,1-2H3. The fraction of sp³-hybridized carbons (Fsp3) is 0.379. The highest BCUT2D eigenvalue weighted by molar-refractivity contribution is 6.58. The first-order chi connectivity index (χ1) is 20.7. The minimum Gasteiger partial charge on any atom is -0.508 e. The number of fused-ring (bicyclic) bond motifs is 4. The molecule has 15 heteroatoms. The van der Waals surface area contributed by atoms with Gasteiger partial charge in [0.25, 0.3) is 11.8 Å². The van der Waals surface area contributed by atoms with E-state index >= 15 is 8.78 Å². The van der Waals surface area contributed by atoms with Crippen LogP contribution in [0.1, 0.15) is 31.2 Å². The summed E-state index contributed by atoms with van der Waals surface area (Å²) in [5, 5.41) is 11.0. The zero-order valence-corrected chi connectivity index (χ0v) is 24.3. The Kier molecular flexibility index (Phi) is 6.82. The van der Waals surface area contributed by atoms with Crippen LogP contribution in [-0.4, -0.2) is 57.0 Å². The van der Waals surface area contributed by atoms with Crippen LogP contribution in [0.25, 0.3) is 0 Å². The van der Waals surface area contributed by atoms with Crippen LogP contribution in [-0.2, 0) is 19.2 Å². The van der Waals surface area contributed by atoms with Crippen molar-refractivity contribution in [2.24, 2.45) is 17.8 Å². The number of carbonyl (C=O) groups is 4. The van der Waals surface area contributed by atoms with Crippen molar-refractivity contribution >= 4 is 52.5 Å². The number of amides is 4. The van der Waals surface area contributed by atoms with Gasteiger partial charge in [0.15, 0.2) is 33.0 Å². The molecule has 3 fully saturated rings. The number of rotatable bonds is 4. The molecule has 4 amide bonds. The number of carbonyl (C=O) groups excluding carboxylic acids is 4. The predicted octanol–water partition coefficient (Wildman–Crippen LogP) is 4.68. The fourth-order valence-electron chi connectivity index (χ4n) is 7.18. The van der Waals surface area contributed by atoms with Crippen molar-refractivity contribution in [1.29, 1.82) is 0 Å². The molecule has 2 heterocycles. The number of hydrogen-bond acceptors (Lipinski definition) is 6. The molecule has 2 aromatic carbocycles. The topological polar surface area (TPSA) is 104 Å². The van der Waals surface area contributed by atoms with Gasteiger partial charge in [0.2, 0.25) is 17.6 Å². The normalized spacial score (nSPS) is 31.2. The van der Waals surface area contributed by atoms with E-state index < -0.39 is 104 Å². The third kappa shape index (κ3) is 3.56. The number of allylic oxidation sites excluding steroid dienone is 2. The quantitative estimate of drug-likeness (QED) is 0.128. The van der Waals surface area contributed by atoms with Gasteiger partial charge in [-0.15, -0.1) is 23.2 Å². The molecule has 0 radical (unpaired) electrons. The minimum atomic E-state index is -2.74. The van der Waals surface area contributed by atoms with E-state index in [2.05, 4.69) is 0 Å². The zero-order valence-electron chi connectivity index (χ0n) is 22.8. The van der Waals surface area contributed by atoms with Crippen LogP contribution in [0.4, 0.5) is 27.6 Å². The molecule has 8 nitrogen and oxygen atoms in total. The number of anilines is 1. The molecule has 0 bridgehead atoms. The van der Waals surface area contributed by atoms with Crippen molar-refractivity contribution in [3.8, 4) is 11.5 Å². The highest BCUT2D eigenvalue weighted by Gasteiger charge is 2.77. The molecule has 2 aliphatic carbocycles. The summed E-state index contributed by atoms with van der Waals surface area (Å²) in [6.07, 6.45) is 0.920. The Balaban J connectivity index is 1.63. The van der Waals surface area contributed by atoms with Gasteiger partial charge in [-0.1, -0.05) is 11.6 Å². The van der Waals surface area contributed by atoms with Crippen LogP contribution in [0, 0.1) is 46.8 Å². The number of benzene rings is 2.